The SMILES string of the molecule is COCCC1(NC(=O)[C@H](O)[C@H](O)c2nc3ccccc3s2)CCC1. The van der Waals surface area contributed by atoms with Crippen LogP contribution in [0.1, 0.15) is 36.8 Å². The van der Waals surface area contributed by atoms with Crippen molar-refractivity contribution in [3.8, 4) is 0 Å². The number of ether oxygens (including phenoxy) is 1. The summed E-state index contributed by atoms with van der Waals surface area (Å²) >= 11 is 1.28. The van der Waals surface area contributed by atoms with Gasteiger partial charge in [0.15, 0.2) is 6.10 Å². The number of aliphatic hydroxyl groups is 2. The maximum absolute atomic E-state index is 12.4. The number of thiazole rings is 1. The molecule has 1 fully saturated rings. The van der Waals surface area contributed by atoms with Crippen LogP contribution in [-0.4, -0.2) is 46.5 Å². The van der Waals surface area contributed by atoms with Gasteiger partial charge in [0.25, 0.3) is 5.91 Å². The van der Waals surface area contributed by atoms with E-state index in [9.17, 15) is 15.0 Å². The highest BCUT2D eigenvalue weighted by atomic mass is 32.1. The van der Waals surface area contributed by atoms with Gasteiger partial charge in [0.2, 0.25) is 0 Å². The van der Waals surface area contributed by atoms with E-state index in [-0.39, 0.29) is 5.54 Å². The Kier molecular flexibility index (Phi) is 5.15. The van der Waals surface area contributed by atoms with Crippen LogP contribution < -0.4 is 5.32 Å². The number of carbonyl (C=O) groups excluding carboxylic acids is 1. The number of nitrogens with one attached hydrogen (secondary N) is 1. The summed E-state index contributed by atoms with van der Waals surface area (Å²) < 4.78 is 6.01. The lowest BCUT2D eigenvalue weighted by molar-refractivity contribution is -0.139. The molecule has 1 heterocycles. The van der Waals surface area contributed by atoms with Crippen molar-refractivity contribution in [1.29, 1.82) is 0 Å². The number of methoxy groups -OCH3 is 1. The maximum Gasteiger partial charge on any atom is 0.252 e. The van der Waals surface area contributed by atoms with E-state index < -0.39 is 18.1 Å². The van der Waals surface area contributed by atoms with Gasteiger partial charge < -0.3 is 20.3 Å². The molecule has 3 rings (SSSR count). The maximum atomic E-state index is 12.4. The van der Waals surface area contributed by atoms with Gasteiger partial charge in [-0.2, -0.15) is 0 Å². The minimum Gasteiger partial charge on any atom is -0.385 e. The van der Waals surface area contributed by atoms with Crippen LogP contribution in [0, 0.1) is 0 Å². The number of amides is 1. The molecular weight excluding hydrogens is 328 g/mol. The second kappa shape index (κ2) is 7.14. The number of hydrogen-bond acceptors (Lipinski definition) is 6. The van der Waals surface area contributed by atoms with Gasteiger partial charge in [0, 0.05) is 19.3 Å². The standard InChI is InChI=1S/C17H22N2O4S/c1-23-10-9-17(7-4-8-17)19-15(22)13(20)14(21)16-18-11-5-2-3-6-12(11)24-16/h2-3,5-6,13-14,20-21H,4,7-10H2,1H3,(H,19,22)/t13-,14+/m1/s1. The van der Waals surface area contributed by atoms with Crippen molar-refractivity contribution in [2.24, 2.45) is 0 Å². The van der Waals surface area contributed by atoms with Crippen molar-refractivity contribution in [2.75, 3.05) is 13.7 Å². The Balaban J connectivity index is 1.68. The first-order valence-electron chi connectivity index (χ1n) is 8.07. The lowest BCUT2D eigenvalue weighted by atomic mass is 9.74. The summed E-state index contributed by atoms with van der Waals surface area (Å²) in [6.45, 7) is 0.552. The third-order valence-electron chi connectivity index (χ3n) is 4.61. The Morgan fingerprint density at radius 1 is 1.42 bits per heavy atom. The fraction of sp³-hybridized carbons (Fsp3) is 0.529. The number of para-hydroxylation sites is 1. The van der Waals surface area contributed by atoms with E-state index in [4.69, 9.17) is 4.74 Å². The Morgan fingerprint density at radius 3 is 2.79 bits per heavy atom. The highest BCUT2D eigenvalue weighted by Gasteiger charge is 2.40. The molecule has 3 N–H and O–H groups in total. The summed E-state index contributed by atoms with van der Waals surface area (Å²) in [6.07, 6.45) is 0.616. The zero-order valence-corrected chi connectivity index (χ0v) is 14.4. The molecule has 0 radical (unpaired) electrons. The molecule has 6 nitrogen and oxygen atoms in total. The summed E-state index contributed by atoms with van der Waals surface area (Å²) in [5.41, 5.74) is 0.432. The largest absolute Gasteiger partial charge is 0.385 e. The normalized spacial score (nSPS) is 18.8. The molecule has 2 aromatic rings. The van der Waals surface area contributed by atoms with Gasteiger partial charge in [-0.3, -0.25) is 4.79 Å². The van der Waals surface area contributed by atoms with E-state index in [1.54, 1.807) is 7.11 Å². The molecule has 2 atom stereocenters. The number of carbonyl (C=O) groups is 1. The molecule has 1 amide bonds. The third kappa shape index (κ3) is 3.44. The lowest BCUT2D eigenvalue weighted by Crippen LogP contribution is -2.57. The third-order valence-corrected chi connectivity index (χ3v) is 5.72. The topological polar surface area (TPSA) is 91.7 Å². The predicted octanol–water partition coefficient (Wildman–Crippen LogP) is 1.77. The van der Waals surface area contributed by atoms with Crippen molar-refractivity contribution >= 4 is 27.5 Å². The molecule has 0 spiro atoms. The molecule has 7 heteroatoms. The van der Waals surface area contributed by atoms with Crippen molar-refractivity contribution in [3.05, 3.63) is 29.3 Å². The summed E-state index contributed by atoms with van der Waals surface area (Å²) in [5.74, 6) is -0.558. The Bertz CT molecular complexity index is 680. The quantitative estimate of drug-likeness (QED) is 0.708. The fourth-order valence-electron chi connectivity index (χ4n) is 2.97. The first-order valence-corrected chi connectivity index (χ1v) is 8.89. The molecule has 0 saturated heterocycles. The summed E-state index contributed by atoms with van der Waals surface area (Å²) in [7, 11) is 1.62. The molecule has 1 aliphatic carbocycles. The minimum atomic E-state index is -1.54. The molecule has 1 aliphatic rings. The number of benzene rings is 1. The van der Waals surface area contributed by atoms with Crippen LogP contribution in [0.5, 0.6) is 0 Å². The molecule has 0 unspecified atom stereocenters. The minimum absolute atomic E-state index is 0.318. The average Bonchev–Trinajstić information content (AvgIpc) is 2.99. The molecule has 1 aromatic carbocycles. The Labute approximate surface area is 144 Å². The Hall–Kier alpha value is -1.54. The second-order valence-corrected chi connectivity index (χ2v) is 7.34. The number of rotatable bonds is 7. The van der Waals surface area contributed by atoms with Crippen LogP contribution in [-0.2, 0) is 9.53 Å². The first kappa shape index (κ1) is 17.3. The zero-order valence-electron chi connectivity index (χ0n) is 13.6. The molecular formula is C17H22N2O4S. The van der Waals surface area contributed by atoms with E-state index in [0.717, 1.165) is 29.5 Å². The van der Waals surface area contributed by atoms with Crippen molar-refractivity contribution in [3.63, 3.8) is 0 Å². The van der Waals surface area contributed by atoms with Gasteiger partial charge in [-0.1, -0.05) is 12.1 Å². The van der Waals surface area contributed by atoms with Crippen molar-refractivity contribution in [1.82, 2.24) is 10.3 Å². The fourth-order valence-corrected chi connectivity index (χ4v) is 3.95. The smallest absolute Gasteiger partial charge is 0.252 e. The number of aromatic nitrogens is 1. The molecule has 0 bridgehead atoms. The van der Waals surface area contributed by atoms with Crippen molar-refractivity contribution in [2.45, 2.75) is 43.4 Å². The van der Waals surface area contributed by atoms with Crippen LogP contribution in [0.2, 0.25) is 0 Å². The van der Waals surface area contributed by atoms with E-state index >= 15 is 0 Å². The van der Waals surface area contributed by atoms with Gasteiger partial charge in [-0.05, 0) is 37.8 Å². The van der Waals surface area contributed by atoms with Gasteiger partial charge in [0.1, 0.15) is 11.1 Å². The van der Waals surface area contributed by atoms with Crippen LogP contribution in [0.25, 0.3) is 10.2 Å². The van der Waals surface area contributed by atoms with Gasteiger partial charge in [-0.15, -0.1) is 11.3 Å². The van der Waals surface area contributed by atoms with Crippen LogP contribution in [0.15, 0.2) is 24.3 Å². The molecule has 1 saturated carbocycles. The van der Waals surface area contributed by atoms with Gasteiger partial charge >= 0.3 is 0 Å². The highest BCUT2D eigenvalue weighted by molar-refractivity contribution is 7.18. The van der Waals surface area contributed by atoms with Crippen LogP contribution in [0.4, 0.5) is 0 Å². The Morgan fingerprint density at radius 2 is 2.17 bits per heavy atom. The molecule has 24 heavy (non-hydrogen) atoms. The highest BCUT2D eigenvalue weighted by Crippen LogP contribution is 2.35. The number of fused-ring (bicyclic) bond motifs is 1. The zero-order chi connectivity index (χ0) is 17.2. The summed E-state index contributed by atoms with van der Waals surface area (Å²) in [6, 6.07) is 7.47. The van der Waals surface area contributed by atoms with Gasteiger partial charge in [-0.25, -0.2) is 4.98 Å². The number of nitrogens with zero attached hydrogens (tertiary/aromatic N) is 1. The van der Waals surface area contributed by atoms with Gasteiger partial charge in [0.05, 0.1) is 10.2 Å². The summed E-state index contributed by atoms with van der Waals surface area (Å²) in [5, 5.41) is 23.8. The van der Waals surface area contributed by atoms with Crippen LogP contribution >= 0.6 is 11.3 Å². The van der Waals surface area contributed by atoms with E-state index in [1.165, 1.54) is 11.3 Å². The lowest BCUT2D eigenvalue weighted by Gasteiger charge is -2.43. The van der Waals surface area contributed by atoms with E-state index in [1.807, 2.05) is 24.3 Å². The van der Waals surface area contributed by atoms with Crippen molar-refractivity contribution < 1.29 is 19.7 Å². The summed E-state index contributed by atoms with van der Waals surface area (Å²) in [4.78, 5) is 16.7. The second-order valence-electron chi connectivity index (χ2n) is 6.28. The molecule has 1 aromatic heterocycles. The first-order chi connectivity index (χ1) is 11.5. The molecule has 130 valence electrons. The predicted molar refractivity (Wildman–Crippen MR) is 91.8 cm³/mol. The van der Waals surface area contributed by atoms with Crippen LogP contribution in [0.3, 0.4) is 0 Å². The molecule has 0 aliphatic heterocycles. The van der Waals surface area contributed by atoms with E-state index in [2.05, 4.69) is 10.3 Å². The average molecular weight is 350 g/mol. The van der Waals surface area contributed by atoms with E-state index in [0.29, 0.717) is 18.0 Å². The number of aliphatic hydroxyl groups excluding tert-OH is 2. The number of hydrogen-bond donors (Lipinski definition) is 3. The monoisotopic (exact) mass is 350 g/mol.